The Hall–Kier alpha value is -1.73. The fraction of sp³-hybridized carbons (Fsp3) is 0. The summed E-state index contributed by atoms with van der Waals surface area (Å²) in [7, 11) is -4.07. The Morgan fingerprint density at radius 2 is 1.52 bits per heavy atom. The molecule has 0 saturated heterocycles. The maximum Gasteiger partial charge on any atom is 0.240 e. The van der Waals surface area contributed by atoms with Gasteiger partial charge in [0.15, 0.2) is 0 Å². The van der Waals surface area contributed by atoms with Crippen LogP contribution in [0, 0.1) is 5.82 Å². The molecule has 1 aromatic heterocycles. The molecule has 0 radical (unpaired) electrons. The van der Waals surface area contributed by atoms with Crippen molar-refractivity contribution in [2.45, 2.75) is 4.90 Å². The molecule has 23 heavy (non-hydrogen) atoms. The van der Waals surface area contributed by atoms with E-state index in [1.807, 2.05) is 22.9 Å². The van der Waals surface area contributed by atoms with Crippen LogP contribution in [0.4, 0.5) is 4.39 Å². The van der Waals surface area contributed by atoms with Gasteiger partial charge in [-0.25, -0.2) is 17.9 Å². The number of benzene rings is 2. The molecule has 118 valence electrons. The lowest BCUT2D eigenvalue weighted by atomic mass is 9.99. The standard InChI is InChI=1S/C16H11ClFNO2S2/c17-12-4-1-10(2-5-12)13-8-22-9-14(13)11-3-6-16(15(18)7-11)23(19,20)21/h1-9H,(H2,19,20,21). The minimum absolute atomic E-state index is 0.510. The Labute approximate surface area is 142 Å². The summed E-state index contributed by atoms with van der Waals surface area (Å²) in [5, 5.41) is 9.45. The Balaban J connectivity index is 2.09. The summed E-state index contributed by atoms with van der Waals surface area (Å²) in [6, 6.07) is 11.2. The summed E-state index contributed by atoms with van der Waals surface area (Å²) in [5.41, 5.74) is 3.27. The molecule has 0 aliphatic carbocycles. The minimum Gasteiger partial charge on any atom is -0.225 e. The van der Waals surface area contributed by atoms with Crippen LogP contribution in [-0.4, -0.2) is 8.42 Å². The summed E-state index contributed by atoms with van der Waals surface area (Å²) in [6.45, 7) is 0. The van der Waals surface area contributed by atoms with Crippen molar-refractivity contribution in [1.82, 2.24) is 0 Å². The van der Waals surface area contributed by atoms with Crippen molar-refractivity contribution in [3.05, 3.63) is 64.1 Å². The van der Waals surface area contributed by atoms with E-state index in [0.717, 1.165) is 16.7 Å². The predicted molar refractivity (Wildman–Crippen MR) is 91.5 cm³/mol. The Morgan fingerprint density at radius 3 is 2.09 bits per heavy atom. The molecule has 0 fully saturated rings. The first-order valence-electron chi connectivity index (χ1n) is 6.51. The van der Waals surface area contributed by atoms with Gasteiger partial charge >= 0.3 is 0 Å². The van der Waals surface area contributed by atoms with Crippen molar-refractivity contribution in [3.8, 4) is 22.3 Å². The van der Waals surface area contributed by atoms with Gasteiger partial charge in [0.25, 0.3) is 0 Å². The van der Waals surface area contributed by atoms with Gasteiger partial charge in [0.1, 0.15) is 10.7 Å². The fourth-order valence-corrected chi connectivity index (χ4v) is 3.85. The molecule has 3 nitrogen and oxygen atoms in total. The lowest BCUT2D eigenvalue weighted by molar-refractivity contribution is 0.568. The number of nitrogens with two attached hydrogens (primary N) is 1. The molecule has 0 saturated carbocycles. The van der Waals surface area contributed by atoms with Crippen molar-refractivity contribution in [2.75, 3.05) is 0 Å². The lowest BCUT2D eigenvalue weighted by Gasteiger charge is -2.07. The third-order valence-corrected chi connectivity index (χ3v) is 5.31. The molecule has 2 N–H and O–H groups in total. The number of hydrogen-bond donors (Lipinski definition) is 1. The van der Waals surface area contributed by atoms with Crippen molar-refractivity contribution in [2.24, 2.45) is 5.14 Å². The van der Waals surface area contributed by atoms with Crippen LogP contribution in [0.3, 0.4) is 0 Å². The third-order valence-electron chi connectivity index (χ3n) is 3.37. The smallest absolute Gasteiger partial charge is 0.225 e. The van der Waals surface area contributed by atoms with Gasteiger partial charge in [-0.3, -0.25) is 0 Å². The number of primary sulfonamides is 1. The predicted octanol–water partition coefficient (Wildman–Crippen LogP) is 4.52. The van der Waals surface area contributed by atoms with E-state index in [4.69, 9.17) is 16.7 Å². The van der Waals surface area contributed by atoms with Crippen LogP contribution < -0.4 is 5.14 Å². The van der Waals surface area contributed by atoms with E-state index in [2.05, 4.69) is 0 Å². The highest BCUT2D eigenvalue weighted by Gasteiger charge is 2.16. The van der Waals surface area contributed by atoms with Crippen LogP contribution >= 0.6 is 22.9 Å². The largest absolute Gasteiger partial charge is 0.240 e. The van der Waals surface area contributed by atoms with Gasteiger partial charge in [0.2, 0.25) is 10.0 Å². The van der Waals surface area contributed by atoms with Crippen molar-refractivity contribution in [1.29, 1.82) is 0 Å². The normalized spacial score (nSPS) is 11.6. The second kappa shape index (κ2) is 6.05. The van der Waals surface area contributed by atoms with Gasteiger partial charge in [0, 0.05) is 16.1 Å². The number of sulfonamides is 1. The molecule has 1 heterocycles. The number of thiophene rings is 1. The molecule has 0 aliphatic heterocycles. The van der Waals surface area contributed by atoms with E-state index in [1.54, 1.807) is 18.2 Å². The zero-order valence-electron chi connectivity index (χ0n) is 11.7. The zero-order valence-corrected chi connectivity index (χ0v) is 14.1. The quantitative estimate of drug-likeness (QED) is 0.739. The van der Waals surface area contributed by atoms with Gasteiger partial charge in [-0.1, -0.05) is 29.8 Å². The molecule has 7 heteroatoms. The van der Waals surface area contributed by atoms with E-state index in [0.29, 0.717) is 10.6 Å². The lowest BCUT2D eigenvalue weighted by Crippen LogP contribution is -2.13. The van der Waals surface area contributed by atoms with Crippen LogP contribution in [0.1, 0.15) is 0 Å². The molecule has 0 atom stereocenters. The minimum atomic E-state index is -4.07. The maximum atomic E-state index is 14.1. The first-order valence-corrected chi connectivity index (χ1v) is 9.38. The van der Waals surface area contributed by atoms with E-state index in [-0.39, 0.29) is 0 Å². The van der Waals surface area contributed by atoms with Gasteiger partial charge < -0.3 is 0 Å². The Kier molecular flexibility index (Phi) is 4.25. The third kappa shape index (κ3) is 3.30. The first-order chi connectivity index (χ1) is 10.9. The summed E-state index contributed by atoms with van der Waals surface area (Å²) >= 11 is 7.37. The summed E-state index contributed by atoms with van der Waals surface area (Å²) in [4.78, 5) is -0.510. The summed E-state index contributed by atoms with van der Waals surface area (Å²) in [6.07, 6.45) is 0. The topological polar surface area (TPSA) is 60.2 Å². The van der Waals surface area contributed by atoms with Gasteiger partial charge in [-0.2, -0.15) is 11.3 Å². The second-order valence-electron chi connectivity index (χ2n) is 4.90. The van der Waals surface area contributed by atoms with Crippen molar-refractivity contribution in [3.63, 3.8) is 0 Å². The Morgan fingerprint density at radius 1 is 0.957 bits per heavy atom. The first kappa shape index (κ1) is 16.1. The van der Waals surface area contributed by atoms with Crippen molar-refractivity contribution >= 4 is 33.0 Å². The molecule has 3 aromatic rings. The van der Waals surface area contributed by atoms with Crippen molar-refractivity contribution < 1.29 is 12.8 Å². The van der Waals surface area contributed by atoms with Gasteiger partial charge in [-0.15, -0.1) is 0 Å². The van der Waals surface area contributed by atoms with Crippen LogP contribution in [-0.2, 0) is 10.0 Å². The molecular weight excluding hydrogens is 357 g/mol. The van der Waals surface area contributed by atoms with E-state index in [1.165, 1.54) is 23.5 Å². The number of halogens is 2. The molecule has 0 aliphatic rings. The highest BCUT2D eigenvalue weighted by Crippen LogP contribution is 2.36. The average molecular weight is 368 g/mol. The molecule has 0 unspecified atom stereocenters. The van der Waals surface area contributed by atoms with Crippen LogP contribution in [0.15, 0.2) is 58.1 Å². The van der Waals surface area contributed by atoms with Crippen LogP contribution in [0.2, 0.25) is 5.02 Å². The molecule has 0 bridgehead atoms. The highest BCUT2D eigenvalue weighted by molar-refractivity contribution is 7.89. The van der Waals surface area contributed by atoms with Gasteiger partial charge in [-0.05, 0) is 46.2 Å². The Bertz CT molecular complexity index is 966. The monoisotopic (exact) mass is 367 g/mol. The zero-order chi connectivity index (χ0) is 16.6. The highest BCUT2D eigenvalue weighted by atomic mass is 35.5. The molecule has 3 rings (SSSR count). The van der Waals surface area contributed by atoms with E-state index >= 15 is 0 Å². The number of rotatable bonds is 3. The molecule has 2 aromatic carbocycles. The fourth-order valence-electron chi connectivity index (χ4n) is 2.27. The number of hydrogen-bond acceptors (Lipinski definition) is 3. The van der Waals surface area contributed by atoms with E-state index in [9.17, 15) is 12.8 Å². The van der Waals surface area contributed by atoms with E-state index < -0.39 is 20.7 Å². The molecule has 0 amide bonds. The van der Waals surface area contributed by atoms with Crippen LogP contribution in [0.25, 0.3) is 22.3 Å². The van der Waals surface area contributed by atoms with Crippen LogP contribution in [0.5, 0.6) is 0 Å². The molecule has 0 spiro atoms. The molecular formula is C16H11ClFNO2S2. The second-order valence-corrected chi connectivity index (χ2v) is 7.61. The summed E-state index contributed by atoms with van der Waals surface area (Å²) < 4.78 is 36.7. The SMILES string of the molecule is NS(=O)(=O)c1ccc(-c2cscc2-c2ccc(Cl)cc2)cc1F. The van der Waals surface area contributed by atoms with Gasteiger partial charge in [0.05, 0.1) is 0 Å². The average Bonchev–Trinajstić information content (AvgIpc) is 2.96. The maximum absolute atomic E-state index is 14.1. The summed E-state index contributed by atoms with van der Waals surface area (Å²) in [5.74, 6) is -0.863.